The molecule has 1 aliphatic rings. The number of halogens is 1. The lowest BCUT2D eigenvalue weighted by molar-refractivity contribution is -0.148. The van der Waals surface area contributed by atoms with E-state index in [-0.39, 0.29) is 6.04 Å². The van der Waals surface area contributed by atoms with Crippen LogP contribution in [0.5, 0.6) is 0 Å². The second-order valence-electron chi connectivity index (χ2n) is 4.57. The second kappa shape index (κ2) is 3.56. The Hall–Kier alpha value is -1.42. The van der Waals surface area contributed by atoms with Gasteiger partial charge in [-0.25, -0.2) is 4.39 Å². The van der Waals surface area contributed by atoms with Crippen LogP contribution in [0, 0.1) is 12.7 Å². The molecule has 4 heteroatoms. The molecule has 0 aromatic heterocycles. The highest BCUT2D eigenvalue weighted by molar-refractivity contribution is 5.83. The molecule has 86 valence electrons. The third kappa shape index (κ3) is 1.59. The van der Waals surface area contributed by atoms with E-state index in [9.17, 15) is 14.3 Å². The minimum Gasteiger partial charge on any atom is -0.481 e. The van der Waals surface area contributed by atoms with Gasteiger partial charge in [0.2, 0.25) is 0 Å². The molecular weight excluding hydrogens is 209 g/mol. The van der Waals surface area contributed by atoms with Crippen molar-refractivity contribution in [2.75, 3.05) is 0 Å². The minimum absolute atomic E-state index is 0.0975. The molecule has 0 saturated heterocycles. The molecular formula is C12H14FNO2. The zero-order chi connectivity index (χ0) is 11.9. The monoisotopic (exact) mass is 223 g/mol. The van der Waals surface area contributed by atoms with Crippen LogP contribution in [0.4, 0.5) is 4.39 Å². The Kier molecular flexibility index (Phi) is 2.46. The van der Waals surface area contributed by atoms with Crippen molar-refractivity contribution in [1.82, 2.24) is 0 Å². The molecule has 3 nitrogen and oxygen atoms in total. The van der Waals surface area contributed by atoms with Gasteiger partial charge in [-0.05, 0) is 43.0 Å². The maximum atomic E-state index is 13.3. The van der Waals surface area contributed by atoms with Crippen molar-refractivity contribution in [3.05, 3.63) is 35.1 Å². The molecule has 1 aliphatic carbocycles. The summed E-state index contributed by atoms with van der Waals surface area (Å²) >= 11 is 0. The molecule has 0 aliphatic heterocycles. The van der Waals surface area contributed by atoms with Gasteiger partial charge in [0.05, 0.1) is 5.41 Å². The first kappa shape index (κ1) is 11.1. The van der Waals surface area contributed by atoms with E-state index >= 15 is 0 Å². The molecule has 0 radical (unpaired) electrons. The highest BCUT2D eigenvalue weighted by atomic mass is 19.1. The highest BCUT2D eigenvalue weighted by Crippen LogP contribution is 2.43. The second-order valence-corrected chi connectivity index (χ2v) is 4.57. The number of hydrogen-bond acceptors (Lipinski definition) is 2. The molecule has 16 heavy (non-hydrogen) atoms. The number of carbonyl (C=O) groups is 1. The summed E-state index contributed by atoms with van der Waals surface area (Å²) in [6.07, 6.45) is 0.760. The molecule has 0 spiro atoms. The summed E-state index contributed by atoms with van der Waals surface area (Å²) in [5.74, 6) is -1.31. The summed E-state index contributed by atoms with van der Waals surface area (Å²) < 4.78 is 13.3. The fourth-order valence-electron chi connectivity index (χ4n) is 2.38. The van der Waals surface area contributed by atoms with E-state index in [1.807, 2.05) is 0 Å². The molecule has 1 fully saturated rings. The van der Waals surface area contributed by atoms with Gasteiger partial charge in [0.25, 0.3) is 0 Å². The van der Waals surface area contributed by atoms with Crippen molar-refractivity contribution in [3.63, 3.8) is 0 Å². The molecule has 0 atom stereocenters. The Labute approximate surface area is 93.1 Å². The summed E-state index contributed by atoms with van der Waals surface area (Å²) in [4.78, 5) is 11.3. The van der Waals surface area contributed by atoms with Crippen LogP contribution in [0.25, 0.3) is 0 Å². The van der Waals surface area contributed by atoms with E-state index in [2.05, 4.69) is 0 Å². The summed E-state index contributed by atoms with van der Waals surface area (Å²) in [6, 6.07) is 4.31. The number of aliphatic carboxylic acids is 1. The largest absolute Gasteiger partial charge is 0.481 e. The van der Waals surface area contributed by atoms with E-state index < -0.39 is 17.2 Å². The first-order valence-corrected chi connectivity index (χ1v) is 5.21. The van der Waals surface area contributed by atoms with Crippen LogP contribution in [-0.4, -0.2) is 17.1 Å². The lowest BCUT2D eigenvalue weighted by atomic mass is 9.61. The number of nitrogens with two attached hydrogens (primary N) is 1. The quantitative estimate of drug-likeness (QED) is 0.800. The van der Waals surface area contributed by atoms with Crippen LogP contribution in [0.3, 0.4) is 0 Å². The highest BCUT2D eigenvalue weighted by Gasteiger charge is 2.50. The van der Waals surface area contributed by atoms with Gasteiger partial charge in [0.1, 0.15) is 5.82 Å². The molecule has 2 rings (SSSR count). The minimum atomic E-state index is -0.980. The Morgan fingerprint density at radius 2 is 2.12 bits per heavy atom. The maximum absolute atomic E-state index is 13.3. The maximum Gasteiger partial charge on any atom is 0.314 e. The fraction of sp³-hybridized carbons (Fsp3) is 0.417. The molecule has 0 heterocycles. The zero-order valence-corrected chi connectivity index (χ0v) is 9.03. The van der Waals surface area contributed by atoms with E-state index in [0.29, 0.717) is 18.4 Å². The van der Waals surface area contributed by atoms with Crippen LogP contribution in [0.15, 0.2) is 18.2 Å². The number of aryl methyl sites for hydroxylation is 1. The third-order valence-corrected chi connectivity index (χ3v) is 3.23. The first-order chi connectivity index (χ1) is 7.44. The predicted molar refractivity (Wildman–Crippen MR) is 57.7 cm³/mol. The molecule has 0 unspecified atom stereocenters. The zero-order valence-electron chi connectivity index (χ0n) is 9.03. The van der Waals surface area contributed by atoms with E-state index in [4.69, 9.17) is 5.73 Å². The Morgan fingerprint density at radius 1 is 1.50 bits per heavy atom. The molecule has 3 N–H and O–H groups in total. The van der Waals surface area contributed by atoms with Crippen molar-refractivity contribution in [2.24, 2.45) is 5.73 Å². The molecule has 0 amide bonds. The van der Waals surface area contributed by atoms with Crippen LogP contribution in [0.1, 0.15) is 24.0 Å². The van der Waals surface area contributed by atoms with Gasteiger partial charge >= 0.3 is 5.97 Å². The lowest BCUT2D eigenvalue weighted by Crippen LogP contribution is -2.54. The molecule has 0 bridgehead atoms. The Morgan fingerprint density at radius 3 is 2.56 bits per heavy atom. The third-order valence-electron chi connectivity index (χ3n) is 3.23. The van der Waals surface area contributed by atoms with Crippen molar-refractivity contribution in [3.8, 4) is 0 Å². The summed E-state index contributed by atoms with van der Waals surface area (Å²) in [6.45, 7) is 1.75. The Bertz CT molecular complexity index is 418. The van der Waals surface area contributed by atoms with Crippen LogP contribution >= 0.6 is 0 Å². The number of hydrogen-bond donors (Lipinski definition) is 2. The average molecular weight is 223 g/mol. The standard InChI is InChI=1S/C12H14FNO2/c1-7-2-8(4-9(13)3-7)12(11(15)16)5-10(14)6-12/h2-4,10H,5-6,14H2,1H3,(H,15,16). The van der Waals surface area contributed by atoms with Gasteiger partial charge in [-0.2, -0.15) is 0 Å². The molecule has 1 saturated carbocycles. The van der Waals surface area contributed by atoms with Crippen molar-refractivity contribution >= 4 is 5.97 Å². The normalized spacial score (nSPS) is 28.6. The topological polar surface area (TPSA) is 63.3 Å². The SMILES string of the molecule is Cc1cc(F)cc(C2(C(=O)O)CC(N)C2)c1. The number of rotatable bonds is 2. The van der Waals surface area contributed by atoms with Gasteiger partial charge in [-0.3, -0.25) is 4.79 Å². The first-order valence-electron chi connectivity index (χ1n) is 5.21. The smallest absolute Gasteiger partial charge is 0.314 e. The predicted octanol–water partition coefficient (Wildman–Crippen LogP) is 1.58. The van der Waals surface area contributed by atoms with E-state index in [0.717, 1.165) is 5.56 Å². The summed E-state index contributed by atoms with van der Waals surface area (Å²) in [5, 5.41) is 9.26. The summed E-state index contributed by atoms with van der Waals surface area (Å²) in [5.41, 5.74) is 5.93. The fourth-order valence-corrected chi connectivity index (χ4v) is 2.38. The molecule has 1 aromatic rings. The van der Waals surface area contributed by atoms with Gasteiger partial charge in [0, 0.05) is 6.04 Å². The van der Waals surface area contributed by atoms with Gasteiger partial charge in [0.15, 0.2) is 0 Å². The number of carboxylic acid groups (broad SMARTS) is 1. The van der Waals surface area contributed by atoms with Crippen molar-refractivity contribution in [2.45, 2.75) is 31.2 Å². The lowest BCUT2D eigenvalue weighted by Gasteiger charge is -2.43. The van der Waals surface area contributed by atoms with Gasteiger partial charge in [-0.15, -0.1) is 0 Å². The number of benzene rings is 1. The number of carboxylic acids is 1. The van der Waals surface area contributed by atoms with Crippen molar-refractivity contribution < 1.29 is 14.3 Å². The van der Waals surface area contributed by atoms with E-state index in [1.165, 1.54) is 12.1 Å². The van der Waals surface area contributed by atoms with Crippen LogP contribution < -0.4 is 5.73 Å². The van der Waals surface area contributed by atoms with Crippen LogP contribution in [0.2, 0.25) is 0 Å². The van der Waals surface area contributed by atoms with Gasteiger partial charge in [-0.1, -0.05) is 6.07 Å². The van der Waals surface area contributed by atoms with Crippen molar-refractivity contribution in [1.29, 1.82) is 0 Å². The van der Waals surface area contributed by atoms with Gasteiger partial charge < -0.3 is 10.8 Å². The Balaban J connectivity index is 2.45. The van der Waals surface area contributed by atoms with Crippen LogP contribution in [-0.2, 0) is 10.2 Å². The molecule has 1 aromatic carbocycles. The average Bonchev–Trinajstić information content (AvgIpc) is 2.10. The summed E-state index contributed by atoms with van der Waals surface area (Å²) in [7, 11) is 0. The van der Waals surface area contributed by atoms with E-state index in [1.54, 1.807) is 13.0 Å².